The number of ether oxygens (including phenoxy) is 3. The molecule has 116 valence electrons. The lowest BCUT2D eigenvalue weighted by Gasteiger charge is -2.12. The number of hydrogen-bond acceptors (Lipinski definition) is 4. The van der Waals surface area contributed by atoms with Crippen molar-refractivity contribution >= 4 is 21.7 Å². The van der Waals surface area contributed by atoms with E-state index >= 15 is 0 Å². The third-order valence-electron chi connectivity index (χ3n) is 3.37. The molecule has 0 spiro atoms. The molecule has 0 N–H and O–H groups in total. The molecule has 0 bridgehead atoms. The summed E-state index contributed by atoms with van der Waals surface area (Å²) < 4.78 is 16.4. The number of aryl methyl sites for hydroxylation is 1. The zero-order chi connectivity index (χ0) is 16.3. The molecule has 0 aliphatic rings. The summed E-state index contributed by atoms with van der Waals surface area (Å²) in [6.07, 6.45) is 0. The van der Waals surface area contributed by atoms with Gasteiger partial charge in [-0.15, -0.1) is 0 Å². The van der Waals surface area contributed by atoms with Crippen LogP contribution in [-0.4, -0.2) is 27.1 Å². The summed E-state index contributed by atoms with van der Waals surface area (Å²) in [5.74, 6) is 1.65. The van der Waals surface area contributed by atoms with Gasteiger partial charge in [0.15, 0.2) is 17.3 Å². The molecular formula is C17H17BrO4. The molecule has 0 saturated heterocycles. The molecule has 0 heterocycles. The molecule has 4 nitrogen and oxygen atoms in total. The molecule has 2 aromatic rings. The molecule has 0 atom stereocenters. The summed E-state index contributed by atoms with van der Waals surface area (Å²) in [7, 11) is 4.68. The minimum Gasteiger partial charge on any atom is -0.496 e. The number of hydrogen-bond donors (Lipinski definition) is 0. The fraction of sp³-hybridized carbons (Fsp3) is 0.235. The van der Waals surface area contributed by atoms with Gasteiger partial charge in [0.05, 0.1) is 21.3 Å². The molecule has 2 rings (SSSR count). The van der Waals surface area contributed by atoms with Crippen LogP contribution in [0.5, 0.6) is 17.2 Å². The van der Waals surface area contributed by atoms with E-state index in [-0.39, 0.29) is 5.78 Å². The van der Waals surface area contributed by atoms with Crippen molar-refractivity contribution in [1.82, 2.24) is 0 Å². The molecule has 0 aliphatic heterocycles. The Hall–Kier alpha value is -2.01. The Morgan fingerprint density at radius 2 is 1.55 bits per heavy atom. The fourth-order valence-electron chi connectivity index (χ4n) is 2.18. The summed E-state index contributed by atoms with van der Waals surface area (Å²) in [6.45, 7) is 1.92. The minimum absolute atomic E-state index is 0.119. The monoisotopic (exact) mass is 364 g/mol. The van der Waals surface area contributed by atoms with Crippen molar-refractivity contribution in [2.75, 3.05) is 21.3 Å². The van der Waals surface area contributed by atoms with Crippen LogP contribution >= 0.6 is 15.9 Å². The van der Waals surface area contributed by atoms with Crippen LogP contribution in [0.15, 0.2) is 34.8 Å². The van der Waals surface area contributed by atoms with E-state index in [0.717, 1.165) is 10.0 Å². The Labute approximate surface area is 138 Å². The molecule has 0 fully saturated rings. The summed E-state index contributed by atoms with van der Waals surface area (Å²) in [5, 5.41) is 0. The number of halogens is 1. The zero-order valence-electron chi connectivity index (χ0n) is 12.9. The Morgan fingerprint density at radius 1 is 0.909 bits per heavy atom. The second-order valence-electron chi connectivity index (χ2n) is 4.70. The average Bonchev–Trinajstić information content (AvgIpc) is 2.53. The van der Waals surface area contributed by atoms with E-state index in [1.54, 1.807) is 38.5 Å². The van der Waals surface area contributed by atoms with Gasteiger partial charge < -0.3 is 14.2 Å². The minimum atomic E-state index is -0.119. The number of carbonyl (C=O) groups excluding carboxylic acids is 1. The molecule has 22 heavy (non-hydrogen) atoms. The molecule has 0 aromatic heterocycles. The molecule has 0 aliphatic carbocycles. The maximum Gasteiger partial charge on any atom is 0.194 e. The first kappa shape index (κ1) is 16.4. The first-order valence-electron chi connectivity index (χ1n) is 6.62. The first-order chi connectivity index (χ1) is 10.5. The van der Waals surface area contributed by atoms with Crippen LogP contribution in [0.2, 0.25) is 0 Å². The summed E-state index contributed by atoms with van der Waals surface area (Å²) in [5.41, 5.74) is 2.01. The Morgan fingerprint density at radius 3 is 2.14 bits per heavy atom. The van der Waals surface area contributed by atoms with Crippen LogP contribution in [0.25, 0.3) is 0 Å². The van der Waals surface area contributed by atoms with Gasteiger partial charge in [-0.3, -0.25) is 4.79 Å². The number of benzene rings is 2. The average molecular weight is 365 g/mol. The molecular weight excluding hydrogens is 348 g/mol. The van der Waals surface area contributed by atoms with Crippen molar-refractivity contribution in [2.24, 2.45) is 0 Å². The van der Waals surface area contributed by atoms with Crippen molar-refractivity contribution in [3.63, 3.8) is 0 Å². The van der Waals surface area contributed by atoms with Crippen LogP contribution < -0.4 is 14.2 Å². The van der Waals surface area contributed by atoms with Crippen molar-refractivity contribution in [3.05, 3.63) is 51.5 Å². The van der Waals surface area contributed by atoms with E-state index in [9.17, 15) is 4.79 Å². The highest BCUT2D eigenvalue weighted by molar-refractivity contribution is 9.10. The maximum absolute atomic E-state index is 12.7. The van der Waals surface area contributed by atoms with Gasteiger partial charge in [0.2, 0.25) is 0 Å². The van der Waals surface area contributed by atoms with Crippen molar-refractivity contribution < 1.29 is 19.0 Å². The Kier molecular flexibility index (Phi) is 5.08. The second kappa shape index (κ2) is 6.83. The van der Waals surface area contributed by atoms with Crippen LogP contribution in [0, 0.1) is 6.92 Å². The van der Waals surface area contributed by atoms with Crippen LogP contribution in [0.1, 0.15) is 21.5 Å². The number of rotatable bonds is 5. The zero-order valence-corrected chi connectivity index (χ0v) is 14.5. The molecule has 2 aromatic carbocycles. The predicted molar refractivity (Wildman–Crippen MR) is 88.4 cm³/mol. The topological polar surface area (TPSA) is 44.8 Å². The summed E-state index contributed by atoms with van der Waals surface area (Å²) in [6, 6.07) is 8.69. The highest BCUT2D eigenvalue weighted by Crippen LogP contribution is 2.32. The lowest BCUT2D eigenvalue weighted by Crippen LogP contribution is -2.04. The molecule has 0 saturated carbocycles. The fourth-order valence-corrected chi connectivity index (χ4v) is 2.82. The molecule has 0 amide bonds. The third kappa shape index (κ3) is 3.09. The van der Waals surface area contributed by atoms with Gasteiger partial charge in [-0.1, -0.05) is 15.9 Å². The largest absolute Gasteiger partial charge is 0.496 e. The molecule has 0 radical (unpaired) electrons. The van der Waals surface area contributed by atoms with E-state index in [2.05, 4.69) is 15.9 Å². The maximum atomic E-state index is 12.7. The van der Waals surface area contributed by atoms with Gasteiger partial charge in [0, 0.05) is 15.6 Å². The highest BCUT2D eigenvalue weighted by Gasteiger charge is 2.17. The smallest absolute Gasteiger partial charge is 0.194 e. The van der Waals surface area contributed by atoms with E-state index in [1.807, 2.05) is 13.0 Å². The van der Waals surface area contributed by atoms with Gasteiger partial charge in [0.25, 0.3) is 0 Å². The summed E-state index contributed by atoms with van der Waals surface area (Å²) in [4.78, 5) is 12.7. The van der Waals surface area contributed by atoms with Crippen molar-refractivity contribution in [1.29, 1.82) is 0 Å². The summed E-state index contributed by atoms with van der Waals surface area (Å²) >= 11 is 3.44. The number of methoxy groups -OCH3 is 3. The van der Waals surface area contributed by atoms with E-state index in [0.29, 0.717) is 28.4 Å². The number of carbonyl (C=O) groups is 1. The van der Waals surface area contributed by atoms with Gasteiger partial charge in [-0.25, -0.2) is 0 Å². The standard InChI is InChI=1S/C17H17BrO4/c1-10-7-13(18)12(9-15(10)21-3)17(19)11-5-6-14(20-2)16(8-11)22-4/h5-9H,1-4H3. The molecule has 0 unspecified atom stereocenters. The second-order valence-corrected chi connectivity index (χ2v) is 5.55. The predicted octanol–water partition coefficient (Wildman–Crippen LogP) is 4.01. The van der Waals surface area contributed by atoms with Crippen molar-refractivity contribution in [2.45, 2.75) is 6.92 Å². The highest BCUT2D eigenvalue weighted by atomic mass is 79.9. The van der Waals surface area contributed by atoms with E-state index in [1.165, 1.54) is 7.11 Å². The lowest BCUT2D eigenvalue weighted by atomic mass is 10.0. The van der Waals surface area contributed by atoms with Crippen LogP contribution in [0.3, 0.4) is 0 Å². The Balaban J connectivity index is 2.48. The van der Waals surface area contributed by atoms with E-state index < -0.39 is 0 Å². The first-order valence-corrected chi connectivity index (χ1v) is 7.42. The van der Waals surface area contributed by atoms with Gasteiger partial charge in [-0.2, -0.15) is 0 Å². The van der Waals surface area contributed by atoms with E-state index in [4.69, 9.17) is 14.2 Å². The van der Waals surface area contributed by atoms with Crippen LogP contribution in [0.4, 0.5) is 0 Å². The third-order valence-corrected chi connectivity index (χ3v) is 4.03. The van der Waals surface area contributed by atoms with Gasteiger partial charge in [0.1, 0.15) is 5.75 Å². The quantitative estimate of drug-likeness (QED) is 0.751. The number of ketones is 1. The normalized spacial score (nSPS) is 10.2. The van der Waals surface area contributed by atoms with Crippen LogP contribution in [-0.2, 0) is 0 Å². The van der Waals surface area contributed by atoms with Gasteiger partial charge in [-0.05, 0) is 42.8 Å². The SMILES string of the molecule is COc1cc(C(=O)c2ccc(OC)c(OC)c2)c(Br)cc1C. The Bertz CT molecular complexity index is 710. The lowest BCUT2D eigenvalue weighted by molar-refractivity contribution is 0.103. The van der Waals surface area contributed by atoms with Gasteiger partial charge >= 0.3 is 0 Å². The molecule has 5 heteroatoms. The van der Waals surface area contributed by atoms with Crippen molar-refractivity contribution in [3.8, 4) is 17.2 Å².